The molecule has 0 heterocycles. The number of carbonyl (C=O) groups excluding carboxylic acids is 1. The van der Waals surface area contributed by atoms with Crippen LogP contribution < -0.4 is 0 Å². The van der Waals surface area contributed by atoms with Crippen molar-refractivity contribution in [3.05, 3.63) is 11.8 Å². The van der Waals surface area contributed by atoms with Crippen molar-refractivity contribution in [2.45, 2.75) is 71.1 Å². The summed E-state index contributed by atoms with van der Waals surface area (Å²) in [5.74, 6) is 0.870. The van der Waals surface area contributed by atoms with Crippen LogP contribution in [0.4, 0.5) is 0 Å². The van der Waals surface area contributed by atoms with E-state index in [0.717, 1.165) is 37.9 Å². The molecule has 0 amide bonds. The van der Waals surface area contributed by atoms with Crippen LogP contribution >= 0.6 is 0 Å². The van der Waals surface area contributed by atoms with E-state index in [-0.39, 0.29) is 5.97 Å². The molecule has 92 valence electrons. The van der Waals surface area contributed by atoms with Crippen LogP contribution in [0.15, 0.2) is 11.8 Å². The molecule has 0 saturated heterocycles. The lowest BCUT2D eigenvalue weighted by atomic mass is 10.1. The molecule has 0 bridgehead atoms. The molecule has 16 heavy (non-hydrogen) atoms. The Labute approximate surface area is 99.1 Å². The minimum absolute atomic E-state index is 0.0374. The molecular formula is C14H24O2. The summed E-state index contributed by atoms with van der Waals surface area (Å²) >= 11 is 0. The van der Waals surface area contributed by atoms with Gasteiger partial charge in [-0.1, -0.05) is 32.6 Å². The van der Waals surface area contributed by atoms with E-state index in [1.165, 1.54) is 25.7 Å². The summed E-state index contributed by atoms with van der Waals surface area (Å²) in [6, 6.07) is 0. The summed E-state index contributed by atoms with van der Waals surface area (Å²) in [5, 5.41) is 0. The molecule has 0 radical (unpaired) electrons. The predicted octanol–water partition coefficient (Wildman–Crippen LogP) is 4.35. The lowest BCUT2D eigenvalue weighted by Gasteiger charge is -2.12. The van der Waals surface area contributed by atoms with Crippen LogP contribution in [0.2, 0.25) is 0 Å². The third kappa shape index (κ3) is 5.94. The number of allylic oxidation sites excluding steroid dienone is 2. The van der Waals surface area contributed by atoms with Crippen molar-refractivity contribution < 1.29 is 9.53 Å². The van der Waals surface area contributed by atoms with Gasteiger partial charge in [-0.25, -0.2) is 0 Å². The Morgan fingerprint density at radius 2 is 2.06 bits per heavy atom. The quantitative estimate of drug-likeness (QED) is 0.475. The van der Waals surface area contributed by atoms with Crippen LogP contribution in [-0.2, 0) is 9.53 Å². The molecule has 0 aromatic carbocycles. The first-order valence-electron chi connectivity index (χ1n) is 6.72. The smallest absolute Gasteiger partial charge is 0.310 e. The van der Waals surface area contributed by atoms with Gasteiger partial charge in [0.05, 0.1) is 0 Å². The first kappa shape index (κ1) is 13.3. The number of ether oxygens (including phenoxy) is 1. The Balaban J connectivity index is 2.04. The first-order chi connectivity index (χ1) is 7.83. The molecule has 0 aliphatic heterocycles. The summed E-state index contributed by atoms with van der Waals surface area (Å²) in [6.45, 7) is 2.20. The highest BCUT2D eigenvalue weighted by Crippen LogP contribution is 2.19. The van der Waals surface area contributed by atoms with Crippen molar-refractivity contribution >= 4 is 5.97 Å². The Morgan fingerprint density at radius 1 is 1.25 bits per heavy atom. The fourth-order valence-electron chi connectivity index (χ4n) is 1.97. The summed E-state index contributed by atoms with van der Waals surface area (Å²) in [7, 11) is 0. The number of esters is 1. The maximum Gasteiger partial charge on any atom is 0.310 e. The predicted molar refractivity (Wildman–Crippen MR) is 66.0 cm³/mol. The molecule has 0 N–H and O–H groups in total. The Bertz CT molecular complexity index is 231. The zero-order valence-corrected chi connectivity index (χ0v) is 10.5. The van der Waals surface area contributed by atoms with Crippen LogP contribution in [-0.4, -0.2) is 5.97 Å². The molecule has 2 heteroatoms. The van der Waals surface area contributed by atoms with Gasteiger partial charge < -0.3 is 4.74 Å². The summed E-state index contributed by atoms with van der Waals surface area (Å²) in [5.41, 5.74) is 0. The average Bonchev–Trinajstić information content (AvgIpc) is 2.30. The number of rotatable bonds is 7. The van der Waals surface area contributed by atoms with Gasteiger partial charge in [0.25, 0.3) is 0 Å². The van der Waals surface area contributed by atoms with Crippen molar-refractivity contribution in [1.82, 2.24) is 0 Å². The highest BCUT2D eigenvalue weighted by molar-refractivity contribution is 5.70. The summed E-state index contributed by atoms with van der Waals surface area (Å²) in [4.78, 5) is 11.5. The van der Waals surface area contributed by atoms with Crippen LogP contribution in [0.1, 0.15) is 71.1 Å². The van der Waals surface area contributed by atoms with Gasteiger partial charge in [-0.3, -0.25) is 4.79 Å². The molecule has 0 aromatic rings. The van der Waals surface area contributed by atoms with Crippen molar-refractivity contribution in [2.24, 2.45) is 0 Å². The molecule has 1 aliphatic carbocycles. The average molecular weight is 224 g/mol. The van der Waals surface area contributed by atoms with Gasteiger partial charge in [-0.05, 0) is 31.8 Å². The van der Waals surface area contributed by atoms with E-state index in [1.54, 1.807) is 0 Å². The van der Waals surface area contributed by atoms with E-state index in [9.17, 15) is 4.79 Å². The van der Waals surface area contributed by atoms with Gasteiger partial charge in [0, 0.05) is 12.8 Å². The number of carbonyl (C=O) groups is 1. The molecule has 0 fully saturated rings. The fourth-order valence-corrected chi connectivity index (χ4v) is 1.97. The third-order valence-corrected chi connectivity index (χ3v) is 2.98. The zero-order valence-electron chi connectivity index (χ0n) is 10.5. The molecule has 0 atom stereocenters. The van der Waals surface area contributed by atoms with Crippen molar-refractivity contribution in [2.75, 3.05) is 0 Å². The second-order valence-corrected chi connectivity index (χ2v) is 4.55. The minimum Gasteiger partial charge on any atom is -0.431 e. The summed E-state index contributed by atoms with van der Waals surface area (Å²) < 4.78 is 5.32. The Hall–Kier alpha value is -0.790. The van der Waals surface area contributed by atoms with Gasteiger partial charge in [-0.2, -0.15) is 0 Å². The lowest BCUT2D eigenvalue weighted by Crippen LogP contribution is -2.06. The van der Waals surface area contributed by atoms with Crippen molar-refractivity contribution in [1.29, 1.82) is 0 Å². The van der Waals surface area contributed by atoms with E-state index < -0.39 is 0 Å². The van der Waals surface area contributed by atoms with Crippen LogP contribution in [0.3, 0.4) is 0 Å². The lowest BCUT2D eigenvalue weighted by molar-refractivity contribution is -0.140. The monoisotopic (exact) mass is 224 g/mol. The highest BCUT2D eigenvalue weighted by Gasteiger charge is 2.09. The van der Waals surface area contributed by atoms with E-state index in [0.29, 0.717) is 6.42 Å². The van der Waals surface area contributed by atoms with Gasteiger partial charge in [-0.15, -0.1) is 0 Å². The van der Waals surface area contributed by atoms with E-state index >= 15 is 0 Å². The molecule has 0 aromatic heterocycles. The van der Waals surface area contributed by atoms with E-state index in [1.807, 2.05) is 0 Å². The van der Waals surface area contributed by atoms with Gasteiger partial charge >= 0.3 is 5.97 Å². The normalized spacial score (nSPS) is 15.7. The molecule has 0 unspecified atom stereocenters. The van der Waals surface area contributed by atoms with E-state index in [4.69, 9.17) is 4.74 Å². The molecular weight excluding hydrogens is 200 g/mol. The molecule has 2 nitrogen and oxygen atoms in total. The largest absolute Gasteiger partial charge is 0.431 e. The summed E-state index contributed by atoms with van der Waals surface area (Å²) in [6.07, 6.45) is 13.0. The maximum absolute atomic E-state index is 11.5. The van der Waals surface area contributed by atoms with Crippen molar-refractivity contribution in [3.63, 3.8) is 0 Å². The van der Waals surface area contributed by atoms with Crippen LogP contribution in [0.5, 0.6) is 0 Å². The number of hydrogen-bond acceptors (Lipinski definition) is 2. The zero-order chi connectivity index (χ0) is 11.6. The first-order valence-corrected chi connectivity index (χ1v) is 6.72. The second-order valence-electron chi connectivity index (χ2n) is 4.55. The second kappa shape index (κ2) is 8.37. The molecule has 1 rings (SSSR count). The van der Waals surface area contributed by atoms with Gasteiger partial charge in [0.1, 0.15) is 5.76 Å². The SMILES string of the molecule is CCCCCCCC(=O)OC1=CCCCC1. The number of hydrogen-bond donors (Lipinski definition) is 0. The van der Waals surface area contributed by atoms with Crippen LogP contribution in [0, 0.1) is 0 Å². The third-order valence-electron chi connectivity index (χ3n) is 2.98. The minimum atomic E-state index is -0.0374. The molecule has 1 aliphatic rings. The van der Waals surface area contributed by atoms with Crippen molar-refractivity contribution in [3.8, 4) is 0 Å². The maximum atomic E-state index is 11.5. The topological polar surface area (TPSA) is 26.3 Å². The number of unbranched alkanes of at least 4 members (excludes halogenated alkanes) is 4. The van der Waals surface area contributed by atoms with Crippen LogP contribution in [0.25, 0.3) is 0 Å². The molecule has 0 saturated carbocycles. The molecule has 0 spiro atoms. The fraction of sp³-hybridized carbons (Fsp3) is 0.786. The standard InChI is InChI=1S/C14H24O2/c1-2-3-4-5-9-12-14(15)16-13-10-7-6-8-11-13/h10H,2-9,11-12H2,1H3. The Kier molecular flexibility index (Phi) is 6.95. The van der Waals surface area contributed by atoms with Gasteiger partial charge in [0.15, 0.2) is 0 Å². The highest BCUT2D eigenvalue weighted by atomic mass is 16.5. The Morgan fingerprint density at radius 3 is 2.75 bits per heavy atom. The van der Waals surface area contributed by atoms with E-state index in [2.05, 4.69) is 13.0 Å². The van der Waals surface area contributed by atoms with Gasteiger partial charge in [0.2, 0.25) is 0 Å².